The smallest absolute Gasteiger partial charge is 0.416 e. The summed E-state index contributed by atoms with van der Waals surface area (Å²) in [6.45, 7) is 2.20. The molecule has 0 fully saturated rings. The molecule has 1 amide bonds. The number of benzene rings is 2. The van der Waals surface area contributed by atoms with Gasteiger partial charge in [0, 0.05) is 12.1 Å². The van der Waals surface area contributed by atoms with Crippen molar-refractivity contribution >= 4 is 17.6 Å². The molecule has 2 rings (SSSR count). The predicted octanol–water partition coefficient (Wildman–Crippen LogP) is 3.55. The van der Waals surface area contributed by atoms with Crippen LogP contribution < -0.4 is 15.8 Å². The number of nitrogens with one attached hydrogen (secondary N) is 1. The van der Waals surface area contributed by atoms with Crippen LogP contribution in [0, 0.1) is 0 Å². The summed E-state index contributed by atoms with van der Waals surface area (Å²) < 4.78 is 49.5. The van der Waals surface area contributed by atoms with Gasteiger partial charge in [-0.15, -0.1) is 0 Å². The third-order valence-electron chi connectivity index (χ3n) is 3.71. The van der Waals surface area contributed by atoms with Gasteiger partial charge < -0.3 is 20.5 Å². The van der Waals surface area contributed by atoms with Crippen molar-refractivity contribution in [3.8, 4) is 11.5 Å². The molecule has 3 N–H and O–H groups in total. The quantitative estimate of drug-likeness (QED) is 0.576. The SMILES string of the molecule is CCNC(=O)c1ccc(Oc2cc(CC(=O)OC)cc(C(F)(F)F)c2)c(N)c1. The molecule has 0 aliphatic heterocycles. The molecule has 0 aliphatic carbocycles. The molecule has 9 heteroatoms. The summed E-state index contributed by atoms with van der Waals surface area (Å²) in [7, 11) is 1.14. The Labute approximate surface area is 159 Å². The second-order valence-electron chi connectivity index (χ2n) is 5.83. The number of nitrogens with two attached hydrogens (primary N) is 1. The molecule has 2 aromatic rings. The van der Waals surface area contributed by atoms with E-state index in [0.29, 0.717) is 12.1 Å². The van der Waals surface area contributed by atoms with Gasteiger partial charge in [-0.1, -0.05) is 0 Å². The van der Waals surface area contributed by atoms with Crippen LogP contribution in [0.1, 0.15) is 28.4 Å². The lowest BCUT2D eigenvalue weighted by atomic mass is 10.1. The first kappa shape index (κ1) is 21.1. The summed E-state index contributed by atoms with van der Waals surface area (Å²) in [6.07, 6.45) is -4.97. The number of amides is 1. The molecule has 0 unspecified atom stereocenters. The van der Waals surface area contributed by atoms with Crippen molar-refractivity contribution in [1.29, 1.82) is 0 Å². The van der Waals surface area contributed by atoms with Crippen LogP contribution in [0.4, 0.5) is 18.9 Å². The number of halogens is 3. The van der Waals surface area contributed by atoms with Crippen molar-refractivity contribution in [3.63, 3.8) is 0 Å². The Kier molecular flexibility index (Phi) is 6.50. The summed E-state index contributed by atoms with van der Waals surface area (Å²) in [5.74, 6) is -1.08. The van der Waals surface area contributed by atoms with Crippen LogP contribution in [0.3, 0.4) is 0 Å². The van der Waals surface area contributed by atoms with E-state index < -0.39 is 17.7 Å². The Bertz CT molecular complexity index is 882. The highest BCUT2D eigenvalue weighted by molar-refractivity contribution is 5.95. The van der Waals surface area contributed by atoms with E-state index in [1.165, 1.54) is 24.3 Å². The summed E-state index contributed by atoms with van der Waals surface area (Å²) in [6, 6.07) is 7.15. The summed E-state index contributed by atoms with van der Waals surface area (Å²) >= 11 is 0. The first-order chi connectivity index (χ1) is 13.1. The lowest BCUT2D eigenvalue weighted by Crippen LogP contribution is -2.22. The molecule has 2 aromatic carbocycles. The maximum absolute atomic E-state index is 13.2. The topological polar surface area (TPSA) is 90.6 Å². The minimum absolute atomic E-state index is 0.0780. The molecule has 0 aromatic heterocycles. The molecule has 0 heterocycles. The monoisotopic (exact) mass is 396 g/mol. The van der Waals surface area contributed by atoms with Gasteiger partial charge in [0.15, 0.2) is 0 Å². The number of esters is 1. The Hall–Kier alpha value is -3.23. The fraction of sp³-hybridized carbons (Fsp3) is 0.263. The Balaban J connectivity index is 2.35. The average Bonchev–Trinajstić information content (AvgIpc) is 2.62. The summed E-state index contributed by atoms with van der Waals surface area (Å²) in [5, 5.41) is 2.61. The van der Waals surface area contributed by atoms with Crippen molar-refractivity contribution in [2.45, 2.75) is 19.5 Å². The largest absolute Gasteiger partial charge is 0.469 e. The first-order valence-electron chi connectivity index (χ1n) is 8.27. The number of hydrogen-bond acceptors (Lipinski definition) is 5. The maximum atomic E-state index is 13.2. The zero-order valence-corrected chi connectivity index (χ0v) is 15.2. The maximum Gasteiger partial charge on any atom is 0.416 e. The van der Waals surface area contributed by atoms with E-state index in [9.17, 15) is 22.8 Å². The Morgan fingerprint density at radius 3 is 2.43 bits per heavy atom. The summed E-state index contributed by atoms with van der Waals surface area (Å²) in [4.78, 5) is 23.2. The predicted molar refractivity (Wildman–Crippen MR) is 96.1 cm³/mol. The fourth-order valence-corrected chi connectivity index (χ4v) is 2.40. The van der Waals surface area contributed by atoms with Gasteiger partial charge in [0.25, 0.3) is 5.91 Å². The zero-order valence-electron chi connectivity index (χ0n) is 15.2. The van der Waals surface area contributed by atoms with Crippen molar-refractivity contribution in [2.75, 3.05) is 19.4 Å². The normalized spacial score (nSPS) is 11.0. The third kappa shape index (κ3) is 5.38. The van der Waals surface area contributed by atoms with Gasteiger partial charge in [0.1, 0.15) is 11.5 Å². The highest BCUT2D eigenvalue weighted by atomic mass is 19.4. The van der Waals surface area contributed by atoms with Crippen molar-refractivity contribution in [2.24, 2.45) is 0 Å². The molecular weight excluding hydrogens is 377 g/mol. The van der Waals surface area contributed by atoms with Gasteiger partial charge in [-0.25, -0.2) is 0 Å². The van der Waals surface area contributed by atoms with E-state index in [2.05, 4.69) is 10.1 Å². The Morgan fingerprint density at radius 1 is 1.14 bits per heavy atom. The van der Waals surface area contributed by atoms with Crippen LogP contribution in [-0.2, 0) is 22.1 Å². The minimum atomic E-state index is -4.63. The van der Waals surface area contributed by atoms with Crippen LogP contribution in [0.25, 0.3) is 0 Å². The van der Waals surface area contributed by atoms with Gasteiger partial charge in [0.2, 0.25) is 0 Å². The van der Waals surface area contributed by atoms with Crippen LogP contribution in [0.15, 0.2) is 36.4 Å². The number of methoxy groups -OCH3 is 1. The van der Waals surface area contributed by atoms with Gasteiger partial charge >= 0.3 is 12.1 Å². The molecule has 6 nitrogen and oxygen atoms in total. The first-order valence-corrected chi connectivity index (χ1v) is 8.27. The van der Waals surface area contributed by atoms with Crippen molar-refractivity contribution < 1.29 is 32.2 Å². The number of carbonyl (C=O) groups excluding carboxylic acids is 2. The number of carbonyl (C=O) groups is 2. The Morgan fingerprint density at radius 2 is 1.86 bits per heavy atom. The van der Waals surface area contributed by atoms with Gasteiger partial charge in [-0.3, -0.25) is 9.59 Å². The van der Waals surface area contributed by atoms with E-state index in [1.807, 2.05) is 0 Å². The molecule has 0 atom stereocenters. The molecule has 0 aliphatic rings. The molecule has 0 bridgehead atoms. The van der Waals surface area contributed by atoms with E-state index in [0.717, 1.165) is 19.2 Å². The molecule has 0 saturated carbocycles. The van der Waals surface area contributed by atoms with Crippen molar-refractivity contribution in [3.05, 3.63) is 53.1 Å². The van der Waals surface area contributed by atoms with E-state index in [4.69, 9.17) is 10.5 Å². The summed E-state index contributed by atoms with van der Waals surface area (Å²) in [5.41, 5.74) is 5.35. The number of alkyl halides is 3. The zero-order chi connectivity index (χ0) is 20.9. The molecule has 0 radical (unpaired) electrons. The number of rotatable bonds is 6. The third-order valence-corrected chi connectivity index (χ3v) is 3.71. The minimum Gasteiger partial charge on any atom is -0.469 e. The standard InChI is InChI=1S/C19H19F3N2O4/c1-3-24-18(26)12-4-5-16(15(23)9-12)28-14-7-11(8-17(25)27-2)6-13(10-14)19(20,21)22/h4-7,9-10H,3,8,23H2,1-2H3,(H,24,26). The van der Waals surface area contributed by atoms with E-state index in [-0.39, 0.29) is 35.1 Å². The second kappa shape index (κ2) is 8.64. The van der Waals surface area contributed by atoms with Crippen LogP contribution >= 0.6 is 0 Å². The molecule has 0 spiro atoms. The van der Waals surface area contributed by atoms with Crippen LogP contribution in [0.5, 0.6) is 11.5 Å². The highest BCUT2D eigenvalue weighted by Gasteiger charge is 2.31. The number of ether oxygens (including phenoxy) is 2. The van der Waals surface area contributed by atoms with Gasteiger partial charge in [-0.2, -0.15) is 13.2 Å². The van der Waals surface area contributed by atoms with Crippen molar-refractivity contribution in [1.82, 2.24) is 5.32 Å². The van der Waals surface area contributed by atoms with Crippen LogP contribution in [0.2, 0.25) is 0 Å². The molecule has 28 heavy (non-hydrogen) atoms. The highest BCUT2D eigenvalue weighted by Crippen LogP contribution is 2.35. The van der Waals surface area contributed by atoms with Crippen LogP contribution in [-0.4, -0.2) is 25.5 Å². The number of nitrogen functional groups attached to an aromatic ring is 1. The fourth-order valence-electron chi connectivity index (χ4n) is 2.40. The lowest BCUT2D eigenvalue weighted by Gasteiger charge is -2.14. The van der Waals surface area contributed by atoms with E-state index >= 15 is 0 Å². The number of hydrogen-bond donors (Lipinski definition) is 2. The molecule has 150 valence electrons. The molecule has 0 saturated heterocycles. The van der Waals surface area contributed by atoms with E-state index in [1.54, 1.807) is 6.92 Å². The number of anilines is 1. The molecular formula is C19H19F3N2O4. The lowest BCUT2D eigenvalue weighted by molar-refractivity contribution is -0.140. The average molecular weight is 396 g/mol. The second-order valence-corrected chi connectivity index (χ2v) is 5.83. The van der Waals surface area contributed by atoms with Gasteiger partial charge in [-0.05, 0) is 48.9 Å². The van der Waals surface area contributed by atoms with Gasteiger partial charge in [0.05, 0.1) is 24.8 Å².